The molecular weight excluding hydrogens is 239 g/mol. The van der Waals surface area contributed by atoms with Crippen LogP contribution in [0.4, 0.5) is 0 Å². The fourth-order valence-electron chi connectivity index (χ4n) is 1.41. The van der Waals surface area contributed by atoms with Crippen LogP contribution >= 0.6 is 11.8 Å². The van der Waals surface area contributed by atoms with Gasteiger partial charge in [0.05, 0.1) is 13.7 Å². The summed E-state index contributed by atoms with van der Waals surface area (Å²) in [6.45, 7) is 0.719. The Bertz CT molecular complexity index is 346. The van der Waals surface area contributed by atoms with E-state index >= 15 is 0 Å². The topological polar surface area (TPSA) is 58.9 Å². The fraction of sp³-hybridized carbons (Fsp3) is 0.455. The number of methoxy groups -OCH3 is 2. The van der Waals surface area contributed by atoms with Gasteiger partial charge in [-0.1, -0.05) is 12.1 Å². The first-order valence-corrected chi connectivity index (χ1v) is 6.44. The summed E-state index contributed by atoms with van der Waals surface area (Å²) in [5, 5.41) is 18.4. The Balaban J connectivity index is 2.64. The zero-order chi connectivity index (χ0) is 12.7. The molecule has 6 heteroatoms. The molecule has 0 spiro atoms. The van der Waals surface area contributed by atoms with Gasteiger partial charge in [0.25, 0.3) is 0 Å². The summed E-state index contributed by atoms with van der Waals surface area (Å²) in [6.07, 6.45) is 0. The lowest BCUT2D eigenvalue weighted by Gasteiger charge is -2.10. The normalized spacial score (nSPS) is 10.4. The van der Waals surface area contributed by atoms with E-state index < -0.39 is 7.12 Å². The second-order valence-electron chi connectivity index (χ2n) is 3.50. The van der Waals surface area contributed by atoms with Crippen LogP contribution in [0.15, 0.2) is 18.2 Å². The molecule has 0 aliphatic carbocycles. The predicted molar refractivity (Wildman–Crippen MR) is 70.9 cm³/mol. The number of hydrogen-bond acceptors (Lipinski definition) is 5. The third-order valence-corrected chi connectivity index (χ3v) is 3.27. The molecule has 0 atom stereocenters. The van der Waals surface area contributed by atoms with Crippen molar-refractivity contribution >= 4 is 24.3 Å². The van der Waals surface area contributed by atoms with Gasteiger partial charge in [-0.25, -0.2) is 0 Å². The van der Waals surface area contributed by atoms with Gasteiger partial charge in [0.15, 0.2) is 0 Å². The van der Waals surface area contributed by atoms with Crippen molar-refractivity contribution in [1.82, 2.24) is 0 Å². The van der Waals surface area contributed by atoms with Crippen molar-refractivity contribution in [3.8, 4) is 5.75 Å². The third-order valence-electron chi connectivity index (χ3n) is 2.27. The highest BCUT2D eigenvalue weighted by molar-refractivity contribution is 7.98. The molecule has 0 saturated heterocycles. The highest BCUT2D eigenvalue weighted by atomic mass is 32.2. The molecule has 17 heavy (non-hydrogen) atoms. The summed E-state index contributed by atoms with van der Waals surface area (Å²) in [5.41, 5.74) is 1.44. The molecule has 2 N–H and O–H groups in total. The van der Waals surface area contributed by atoms with Crippen LogP contribution in [0.5, 0.6) is 5.75 Å². The van der Waals surface area contributed by atoms with Gasteiger partial charge >= 0.3 is 7.12 Å². The molecule has 0 aliphatic rings. The molecule has 94 valence electrons. The molecule has 0 heterocycles. The summed E-state index contributed by atoms with van der Waals surface area (Å²) >= 11 is 1.74. The number of rotatable bonds is 7. The average molecular weight is 256 g/mol. The van der Waals surface area contributed by atoms with Crippen molar-refractivity contribution in [1.29, 1.82) is 0 Å². The lowest BCUT2D eigenvalue weighted by atomic mass is 9.79. The van der Waals surface area contributed by atoms with E-state index in [4.69, 9.17) is 9.47 Å². The summed E-state index contributed by atoms with van der Waals surface area (Å²) in [4.78, 5) is 0. The molecule has 0 amide bonds. The maximum absolute atomic E-state index is 9.22. The van der Waals surface area contributed by atoms with Crippen molar-refractivity contribution < 1.29 is 19.5 Å². The van der Waals surface area contributed by atoms with Crippen LogP contribution in [-0.2, 0) is 10.5 Å². The first-order chi connectivity index (χ1) is 8.19. The zero-order valence-corrected chi connectivity index (χ0v) is 10.9. The van der Waals surface area contributed by atoms with Crippen LogP contribution in [0.3, 0.4) is 0 Å². The minimum Gasteiger partial charge on any atom is -0.497 e. The SMILES string of the molecule is COCCSCc1ccc(OC)c(B(O)O)c1. The Labute approximate surface area is 106 Å². The van der Waals surface area contributed by atoms with Gasteiger partial charge in [-0.2, -0.15) is 11.8 Å². The van der Waals surface area contributed by atoms with E-state index in [1.807, 2.05) is 6.07 Å². The van der Waals surface area contributed by atoms with Gasteiger partial charge in [-0.15, -0.1) is 0 Å². The van der Waals surface area contributed by atoms with Crippen molar-refractivity contribution in [2.45, 2.75) is 5.75 Å². The van der Waals surface area contributed by atoms with Gasteiger partial charge < -0.3 is 19.5 Å². The van der Waals surface area contributed by atoms with E-state index in [0.717, 1.165) is 23.7 Å². The molecule has 1 aromatic carbocycles. The van der Waals surface area contributed by atoms with Crippen LogP contribution in [-0.4, -0.2) is 43.7 Å². The number of ether oxygens (including phenoxy) is 2. The van der Waals surface area contributed by atoms with Crippen LogP contribution in [0.25, 0.3) is 0 Å². The van der Waals surface area contributed by atoms with Crippen LogP contribution in [0, 0.1) is 0 Å². The summed E-state index contributed by atoms with van der Waals surface area (Å²) in [5.74, 6) is 2.22. The third kappa shape index (κ3) is 4.59. The highest BCUT2D eigenvalue weighted by Gasteiger charge is 2.17. The van der Waals surface area contributed by atoms with Gasteiger partial charge in [-0.05, 0) is 11.6 Å². The first-order valence-electron chi connectivity index (χ1n) is 5.28. The minimum absolute atomic E-state index is 0.400. The van der Waals surface area contributed by atoms with Crippen molar-refractivity contribution in [2.24, 2.45) is 0 Å². The largest absolute Gasteiger partial charge is 0.497 e. The molecular formula is C11H17BO4S. The molecule has 0 aromatic heterocycles. The maximum Gasteiger partial charge on any atom is 0.492 e. The van der Waals surface area contributed by atoms with E-state index in [1.54, 1.807) is 31.0 Å². The number of hydrogen-bond donors (Lipinski definition) is 2. The molecule has 0 bridgehead atoms. The molecule has 1 rings (SSSR count). The fourth-order valence-corrected chi connectivity index (χ4v) is 2.25. The molecule has 0 unspecified atom stereocenters. The van der Waals surface area contributed by atoms with Crippen molar-refractivity contribution in [3.05, 3.63) is 23.8 Å². The lowest BCUT2D eigenvalue weighted by molar-refractivity contribution is 0.218. The van der Waals surface area contributed by atoms with E-state index in [1.165, 1.54) is 7.11 Å². The van der Waals surface area contributed by atoms with Crippen LogP contribution in [0.2, 0.25) is 0 Å². The summed E-state index contributed by atoms with van der Waals surface area (Å²) in [7, 11) is 1.68. The van der Waals surface area contributed by atoms with Crippen LogP contribution in [0.1, 0.15) is 5.56 Å². The molecule has 0 radical (unpaired) electrons. The Hall–Kier alpha value is -0.685. The van der Waals surface area contributed by atoms with Gasteiger partial charge in [0, 0.05) is 24.1 Å². The molecule has 0 saturated carbocycles. The molecule has 0 fully saturated rings. The number of thioether (sulfide) groups is 1. The van der Waals surface area contributed by atoms with E-state index in [9.17, 15) is 10.0 Å². The maximum atomic E-state index is 9.22. The smallest absolute Gasteiger partial charge is 0.492 e. The highest BCUT2D eigenvalue weighted by Crippen LogP contribution is 2.15. The second-order valence-corrected chi connectivity index (χ2v) is 4.60. The molecule has 1 aromatic rings. The number of benzene rings is 1. The van der Waals surface area contributed by atoms with Gasteiger partial charge in [0.1, 0.15) is 5.75 Å². The first kappa shape index (κ1) is 14.4. The minimum atomic E-state index is -1.51. The molecule has 0 aliphatic heterocycles. The van der Waals surface area contributed by atoms with E-state index in [2.05, 4.69) is 0 Å². The lowest BCUT2D eigenvalue weighted by Crippen LogP contribution is -2.31. The predicted octanol–water partition coefficient (Wildman–Crippen LogP) is 0.255. The average Bonchev–Trinajstić information content (AvgIpc) is 2.34. The zero-order valence-electron chi connectivity index (χ0n) is 10.0. The Morgan fingerprint density at radius 3 is 2.65 bits per heavy atom. The van der Waals surface area contributed by atoms with E-state index in [-0.39, 0.29) is 0 Å². The Kier molecular flexibility index (Phi) is 6.43. The molecule has 4 nitrogen and oxygen atoms in total. The summed E-state index contributed by atoms with van der Waals surface area (Å²) in [6, 6.07) is 5.43. The van der Waals surface area contributed by atoms with Crippen molar-refractivity contribution in [2.75, 3.05) is 26.6 Å². The quantitative estimate of drug-likeness (QED) is 0.541. The second kappa shape index (κ2) is 7.60. The van der Waals surface area contributed by atoms with Gasteiger partial charge in [-0.3, -0.25) is 0 Å². The van der Waals surface area contributed by atoms with Crippen molar-refractivity contribution in [3.63, 3.8) is 0 Å². The monoisotopic (exact) mass is 256 g/mol. The van der Waals surface area contributed by atoms with Gasteiger partial charge in [0.2, 0.25) is 0 Å². The Morgan fingerprint density at radius 1 is 1.29 bits per heavy atom. The van der Waals surface area contributed by atoms with Crippen LogP contribution < -0.4 is 10.2 Å². The summed E-state index contributed by atoms with van der Waals surface area (Å²) < 4.78 is 10.0. The standard InChI is InChI=1S/C11H17BO4S/c1-15-5-6-17-8-9-3-4-11(16-2)10(7-9)12(13)14/h3-4,7,13-14H,5-6,8H2,1-2H3. The van der Waals surface area contributed by atoms with E-state index in [0.29, 0.717) is 11.2 Å². The Morgan fingerprint density at radius 2 is 2.06 bits per heavy atom.